The number of esters is 3. The lowest BCUT2D eigenvalue weighted by molar-refractivity contribution is -0.167. The van der Waals surface area contributed by atoms with Crippen LogP contribution in [0.1, 0.15) is 226 Å². The van der Waals surface area contributed by atoms with Gasteiger partial charge in [-0.15, -0.1) is 0 Å². The van der Waals surface area contributed by atoms with Gasteiger partial charge < -0.3 is 14.2 Å². The summed E-state index contributed by atoms with van der Waals surface area (Å²) >= 11 is 0. The molecule has 0 N–H and O–H groups in total. The average molecular weight is 953 g/mol. The Hall–Kier alpha value is -4.45. The predicted molar refractivity (Wildman–Crippen MR) is 297 cm³/mol. The first-order chi connectivity index (χ1) is 34.0. The molecule has 1 atom stereocenters. The molecule has 0 aromatic rings. The Morgan fingerprint density at radius 2 is 0.638 bits per heavy atom. The second-order valence-electron chi connectivity index (χ2n) is 17.8. The third-order valence-electron chi connectivity index (χ3n) is 11.2. The number of hydrogen-bond acceptors (Lipinski definition) is 6. The fourth-order valence-electron chi connectivity index (χ4n) is 7.01. The third kappa shape index (κ3) is 54.4. The van der Waals surface area contributed by atoms with Crippen LogP contribution in [0.2, 0.25) is 0 Å². The first kappa shape index (κ1) is 64.5. The van der Waals surface area contributed by atoms with E-state index in [2.05, 4.69) is 154 Å². The van der Waals surface area contributed by atoms with Crippen molar-refractivity contribution in [2.24, 2.45) is 0 Å². The number of rotatable bonds is 48. The van der Waals surface area contributed by atoms with E-state index < -0.39 is 6.10 Å². The summed E-state index contributed by atoms with van der Waals surface area (Å²) in [5, 5.41) is 0. The molecule has 0 aromatic heterocycles. The summed E-state index contributed by atoms with van der Waals surface area (Å²) in [4.78, 5) is 38.1. The highest BCUT2D eigenvalue weighted by Gasteiger charge is 2.19. The highest BCUT2D eigenvalue weighted by molar-refractivity contribution is 5.71. The number of unbranched alkanes of at least 4 members (excludes halogenated alkanes) is 17. The van der Waals surface area contributed by atoms with Crippen molar-refractivity contribution in [2.75, 3.05) is 13.2 Å². The van der Waals surface area contributed by atoms with Crippen LogP contribution < -0.4 is 0 Å². The zero-order valence-corrected chi connectivity index (χ0v) is 44.3. The van der Waals surface area contributed by atoms with E-state index in [0.29, 0.717) is 19.3 Å². The lowest BCUT2D eigenvalue weighted by atomic mass is 10.1. The first-order valence-electron chi connectivity index (χ1n) is 27.7. The van der Waals surface area contributed by atoms with Crippen LogP contribution in [0, 0.1) is 0 Å². The number of carbonyl (C=O) groups is 3. The molecule has 1 unspecified atom stereocenters. The maximum atomic E-state index is 12.8. The molecule has 0 amide bonds. The maximum Gasteiger partial charge on any atom is 0.306 e. The highest BCUT2D eigenvalue weighted by atomic mass is 16.6. The summed E-state index contributed by atoms with van der Waals surface area (Å²) in [5.41, 5.74) is 0. The van der Waals surface area contributed by atoms with E-state index in [-0.39, 0.29) is 37.5 Å². The zero-order chi connectivity index (χ0) is 50.0. The van der Waals surface area contributed by atoms with Crippen LogP contribution in [0.25, 0.3) is 0 Å². The summed E-state index contributed by atoms with van der Waals surface area (Å²) in [6, 6.07) is 0. The van der Waals surface area contributed by atoms with Gasteiger partial charge in [-0.3, -0.25) is 14.4 Å². The summed E-state index contributed by atoms with van der Waals surface area (Å²) in [6.45, 7) is 6.38. The van der Waals surface area contributed by atoms with E-state index in [4.69, 9.17) is 14.2 Å². The van der Waals surface area contributed by atoms with Crippen LogP contribution >= 0.6 is 0 Å². The lowest BCUT2D eigenvalue weighted by Crippen LogP contribution is -2.30. The van der Waals surface area contributed by atoms with E-state index >= 15 is 0 Å². The van der Waals surface area contributed by atoms with E-state index in [0.717, 1.165) is 122 Å². The summed E-state index contributed by atoms with van der Waals surface area (Å²) in [7, 11) is 0. The van der Waals surface area contributed by atoms with Crippen molar-refractivity contribution in [3.63, 3.8) is 0 Å². The Morgan fingerprint density at radius 1 is 0.319 bits per heavy atom. The van der Waals surface area contributed by atoms with Crippen LogP contribution in [-0.4, -0.2) is 37.2 Å². The molecular formula is C63H100O6. The largest absolute Gasteiger partial charge is 0.462 e. The number of allylic oxidation sites excluding steroid dienone is 22. The molecule has 0 saturated carbocycles. The minimum atomic E-state index is -0.834. The standard InChI is InChI=1S/C63H100O6/c1-4-7-10-13-16-19-22-25-28-31-33-35-38-41-44-47-50-53-56-62(65)68-59-60(58-67-61(64)55-52-49-46-43-40-37-34-30-27-24-21-18-15-12-9-6-3)69-63(66)57-54-51-48-45-42-39-36-32-29-26-23-20-17-14-11-8-5-2/h9,12,17-18,20-22,25-31,33,35-37,39-40,45,48,60H,4-8,10-11,13-16,19,23-24,32,34,38,41-44,46-47,49-59H2,1-3H3/b12-9-,20-17-,21-18-,25-22-,29-26-,30-27-,31-28-,35-33-,39-36-,40-37-,48-45-. The lowest BCUT2D eigenvalue weighted by Gasteiger charge is -2.18. The molecule has 0 bridgehead atoms. The Labute approximate surface area is 424 Å². The number of hydrogen-bond donors (Lipinski definition) is 0. The van der Waals surface area contributed by atoms with E-state index in [1.807, 2.05) is 0 Å². The van der Waals surface area contributed by atoms with Gasteiger partial charge >= 0.3 is 17.9 Å². The minimum absolute atomic E-state index is 0.125. The van der Waals surface area contributed by atoms with Gasteiger partial charge in [0.15, 0.2) is 6.10 Å². The highest BCUT2D eigenvalue weighted by Crippen LogP contribution is 2.12. The molecule has 0 rings (SSSR count). The molecule has 0 heterocycles. The normalized spacial score (nSPS) is 13.1. The van der Waals surface area contributed by atoms with Gasteiger partial charge in [-0.05, 0) is 122 Å². The number of ether oxygens (including phenoxy) is 3. The topological polar surface area (TPSA) is 78.9 Å². The molecule has 6 heteroatoms. The van der Waals surface area contributed by atoms with Gasteiger partial charge in [0, 0.05) is 19.3 Å². The molecule has 388 valence electrons. The average Bonchev–Trinajstić information content (AvgIpc) is 3.35. The van der Waals surface area contributed by atoms with Gasteiger partial charge in [0.2, 0.25) is 0 Å². The monoisotopic (exact) mass is 953 g/mol. The summed E-state index contributed by atoms with van der Waals surface area (Å²) in [5.74, 6) is -1.04. The third-order valence-corrected chi connectivity index (χ3v) is 11.2. The van der Waals surface area contributed by atoms with E-state index in [1.165, 1.54) is 57.8 Å². The molecule has 0 aliphatic heterocycles. The number of carbonyl (C=O) groups excluding carboxylic acids is 3. The smallest absolute Gasteiger partial charge is 0.306 e. The summed E-state index contributed by atoms with van der Waals surface area (Å²) < 4.78 is 16.7. The van der Waals surface area contributed by atoms with Crippen molar-refractivity contribution in [3.05, 3.63) is 134 Å². The molecule has 0 aromatic carbocycles. The van der Waals surface area contributed by atoms with Gasteiger partial charge in [-0.25, -0.2) is 0 Å². The second-order valence-corrected chi connectivity index (χ2v) is 17.8. The Kier molecular flexibility index (Phi) is 52.5. The maximum absolute atomic E-state index is 12.8. The van der Waals surface area contributed by atoms with Crippen LogP contribution in [0.5, 0.6) is 0 Å². The fraction of sp³-hybridized carbons (Fsp3) is 0.603. The van der Waals surface area contributed by atoms with Gasteiger partial charge in [-0.1, -0.05) is 219 Å². The first-order valence-corrected chi connectivity index (χ1v) is 27.7. The molecule has 0 fully saturated rings. The van der Waals surface area contributed by atoms with Crippen LogP contribution in [-0.2, 0) is 28.6 Å². The van der Waals surface area contributed by atoms with Crippen molar-refractivity contribution in [1.29, 1.82) is 0 Å². The van der Waals surface area contributed by atoms with E-state index in [1.54, 1.807) is 0 Å². The zero-order valence-electron chi connectivity index (χ0n) is 44.3. The molecule has 0 radical (unpaired) electrons. The molecule has 0 aliphatic carbocycles. The Balaban J connectivity index is 4.60. The van der Waals surface area contributed by atoms with Crippen LogP contribution in [0.3, 0.4) is 0 Å². The van der Waals surface area contributed by atoms with Crippen molar-refractivity contribution < 1.29 is 28.6 Å². The van der Waals surface area contributed by atoms with Gasteiger partial charge in [0.05, 0.1) is 0 Å². The fourth-order valence-corrected chi connectivity index (χ4v) is 7.01. The molecular weight excluding hydrogens is 853 g/mol. The van der Waals surface area contributed by atoms with Crippen LogP contribution in [0.15, 0.2) is 134 Å². The molecule has 6 nitrogen and oxygen atoms in total. The van der Waals surface area contributed by atoms with Crippen LogP contribution in [0.4, 0.5) is 0 Å². The summed E-state index contributed by atoms with van der Waals surface area (Å²) in [6.07, 6.45) is 78.7. The van der Waals surface area contributed by atoms with Crippen molar-refractivity contribution in [3.8, 4) is 0 Å². The second kappa shape index (κ2) is 56.1. The van der Waals surface area contributed by atoms with E-state index in [9.17, 15) is 14.4 Å². The molecule has 0 spiro atoms. The van der Waals surface area contributed by atoms with Crippen molar-refractivity contribution in [2.45, 2.75) is 232 Å². The molecule has 0 saturated heterocycles. The van der Waals surface area contributed by atoms with Gasteiger partial charge in [0.25, 0.3) is 0 Å². The molecule has 69 heavy (non-hydrogen) atoms. The Bertz CT molecular complexity index is 1510. The quantitative estimate of drug-likeness (QED) is 0.0199. The van der Waals surface area contributed by atoms with Crippen molar-refractivity contribution in [1.82, 2.24) is 0 Å². The predicted octanol–water partition coefficient (Wildman–Crippen LogP) is 18.6. The molecule has 0 aliphatic rings. The Morgan fingerprint density at radius 3 is 1.09 bits per heavy atom. The SMILES string of the molecule is CC/C=C\C/C=C\C/C=C\C/C=C\CCCCCC(=O)OCC(COC(=O)CCCCCCC\C=C/C=C\C=C/CCCCCCC)OC(=O)CCC/C=C\C/C=C\C/C=C\C/C=C\CCCCC. The minimum Gasteiger partial charge on any atom is -0.462 e. The van der Waals surface area contributed by atoms with Gasteiger partial charge in [0.1, 0.15) is 13.2 Å². The van der Waals surface area contributed by atoms with Gasteiger partial charge in [-0.2, -0.15) is 0 Å². The van der Waals surface area contributed by atoms with Crippen molar-refractivity contribution >= 4 is 17.9 Å².